The smallest absolute Gasteiger partial charge is 0.366 e. The average molecular weight is 385 g/mol. The lowest BCUT2D eigenvalue weighted by atomic mass is 10.1. The molecule has 1 unspecified atom stereocenters. The van der Waals surface area contributed by atoms with Crippen molar-refractivity contribution in [3.63, 3.8) is 0 Å². The number of benzene rings is 1. The van der Waals surface area contributed by atoms with Crippen molar-refractivity contribution in [2.24, 2.45) is 10.7 Å². The van der Waals surface area contributed by atoms with E-state index in [1.807, 2.05) is 11.8 Å². The third-order valence-electron chi connectivity index (χ3n) is 4.62. The number of amides is 1. The van der Waals surface area contributed by atoms with Gasteiger partial charge in [-0.15, -0.1) is 0 Å². The van der Waals surface area contributed by atoms with Gasteiger partial charge in [-0.05, 0) is 31.5 Å². The summed E-state index contributed by atoms with van der Waals surface area (Å²) in [6, 6.07) is 5.43. The average Bonchev–Trinajstić information content (AvgIpc) is 2.64. The summed E-state index contributed by atoms with van der Waals surface area (Å²) in [7, 11) is 0. The second-order valence-electron chi connectivity index (χ2n) is 6.47. The number of primary amides is 1. The van der Waals surface area contributed by atoms with Crippen molar-refractivity contribution in [3.05, 3.63) is 35.4 Å². The summed E-state index contributed by atoms with van der Waals surface area (Å²) in [5.41, 5.74) is 6.58. The molecule has 0 aromatic heterocycles. The molecule has 1 atom stereocenters. The van der Waals surface area contributed by atoms with E-state index in [1.165, 1.54) is 11.8 Å². The normalized spacial score (nSPS) is 17.7. The molecule has 0 radical (unpaired) electrons. The Hall–Kier alpha value is -2.29. The molecule has 6 nitrogen and oxygen atoms in total. The fourth-order valence-electron chi connectivity index (χ4n) is 2.89. The maximum absolute atomic E-state index is 12.9. The number of guanidine groups is 1. The molecule has 150 valence electrons. The van der Waals surface area contributed by atoms with Crippen molar-refractivity contribution < 1.29 is 18.0 Å². The summed E-state index contributed by atoms with van der Waals surface area (Å²) in [5.74, 6) is 0.195. The first kappa shape index (κ1) is 21.0. The summed E-state index contributed by atoms with van der Waals surface area (Å²) < 4.78 is 38.6. The molecule has 1 amide bonds. The maximum Gasteiger partial charge on any atom is 0.403 e. The Morgan fingerprint density at radius 2 is 1.81 bits per heavy atom. The zero-order valence-electron chi connectivity index (χ0n) is 15.6. The summed E-state index contributed by atoms with van der Waals surface area (Å²) in [5, 5.41) is 3.19. The third kappa shape index (κ3) is 5.85. The second-order valence-corrected chi connectivity index (χ2v) is 6.47. The monoisotopic (exact) mass is 385 g/mol. The van der Waals surface area contributed by atoms with E-state index in [9.17, 15) is 18.0 Å². The van der Waals surface area contributed by atoms with E-state index in [4.69, 9.17) is 5.73 Å². The Kier molecular flexibility index (Phi) is 7.06. The Morgan fingerprint density at radius 1 is 1.22 bits per heavy atom. The number of hydrogen-bond acceptors (Lipinski definition) is 3. The number of nitrogens with one attached hydrogen (secondary N) is 1. The molecular weight excluding hydrogens is 359 g/mol. The van der Waals surface area contributed by atoms with Crippen molar-refractivity contribution in [1.82, 2.24) is 15.1 Å². The quantitative estimate of drug-likeness (QED) is 0.599. The summed E-state index contributed by atoms with van der Waals surface area (Å²) in [6.07, 6.45) is -4.21. The molecule has 27 heavy (non-hydrogen) atoms. The van der Waals surface area contributed by atoms with Crippen LogP contribution in [0.1, 0.15) is 29.8 Å². The second kappa shape index (κ2) is 9.07. The number of piperazine rings is 1. The lowest BCUT2D eigenvalue weighted by Gasteiger charge is -2.39. The number of carbonyl (C=O) groups excluding carboxylic acids is 1. The Bertz CT molecular complexity index is 652. The van der Waals surface area contributed by atoms with Crippen molar-refractivity contribution in [1.29, 1.82) is 0 Å². The Morgan fingerprint density at radius 3 is 2.30 bits per heavy atom. The Balaban J connectivity index is 1.98. The molecule has 2 rings (SSSR count). The zero-order chi connectivity index (χ0) is 20.0. The van der Waals surface area contributed by atoms with E-state index in [2.05, 4.69) is 10.3 Å². The fourth-order valence-corrected chi connectivity index (χ4v) is 2.89. The predicted molar refractivity (Wildman–Crippen MR) is 98.4 cm³/mol. The molecule has 3 N–H and O–H groups in total. The molecule has 9 heteroatoms. The summed E-state index contributed by atoms with van der Waals surface area (Å²) >= 11 is 0. The van der Waals surface area contributed by atoms with Crippen LogP contribution in [0.2, 0.25) is 0 Å². The molecule has 0 saturated carbocycles. The minimum absolute atomic E-state index is 0.332. The molecule has 1 saturated heterocycles. The molecule has 0 bridgehead atoms. The molecule has 0 spiro atoms. The van der Waals surface area contributed by atoms with Gasteiger partial charge in [0.1, 0.15) is 6.04 Å². The highest BCUT2D eigenvalue weighted by Crippen LogP contribution is 2.25. The van der Waals surface area contributed by atoms with Crippen LogP contribution in [0.25, 0.3) is 0 Å². The number of nitrogens with two attached hydrogens (primary N) is 1. The molecule has 0 aliphatic carbocycles. The third-order valence-corrected chi connectivity index (χ3v) is 4.62. The van der Waals surface area contributed by atoms with Gasteiger partial charge in [0.25, 0.3) is 0 Å². The van der Waals surface area contributed by atoms with Gasteiger partial charge in [0.15, 0.2) is 5.96 Å². The number of nitrogens with zero attached hydrogens (tertiary/aromatic N) is 3. The summed E-state index contributed by atoms with van der Waals surface area (Å²) in [4.78, 5) is 19.1. The van der Waals surface area contributed by atoms with Gasteiger partial charge in [-0.2, -0.15) is 13.2 Å². The van der Waals surface area contributed by atoms with Crippen LogP contribution in [0, 0.1) is 0 Å². The van der Waals surface area contributed by atoms with Crippen LogP contribution < -0.4 is 11.1 Å². The van der Waals surface area contributed by atoms with Gasteiger partial charge in [-0.1, -0.05) is 12.1 Å². The van der Waals surface area contributed by atoms with Gasteiger partial charge >= 0.3 is 6.18 Å². The number of carbonyl (C=O) groups is 1. The van der Waals surface area contributed by atoms with Gasteiger partial charge in [0, 0.05) is 38.3 Å². The van der Waals surface area contributed by atoms with Crippen LogP contribution in [0.15, 0.2) is 29.3 Å². The fraction of sp³-hybridized carbons (Fsp3) is 0.556. The van der Waals surface area contributed by atoms with E-state index in [0.29, 0.717) is 50.8 Å². The van der Waals surface area contributed by atoms with E-state index in [1.54, 1.807) is 24.3 Å². The van der Waals surface area contributed by atoms with Gasteiger partial charge in [-0.3, -0.25) is 9.69 Å². The van der Waals surface area contributed by atoms with Crippen LogP contribution in [0.4, 0.5) is 13.2 Å². The molecule has 1 aromatic rings. The van der Waals surface area contributed by atoms with Gasteiger partial charge in [0.2, 0.25) is 5.91 Å². The lowest BCUT2D eigenvalue weighted by molar-refractivity contribution is -0.181. The standard InChI is InChI=1S/C18H26F3N5O/c1-3-23-17(24-12-14-4-6-15(7-5-14)16(22)27)26-10-8-25(9-11-26)13(2)18(19,20)21/h4-7,13H,3,8-12H2,1-2H3,(H2,22,27)(H,23,24). The first-order valence-electron chi connectivity index (χ1n) is 8.95. The SMILES string of the molecule is CCNC(=NCc1ccc(C(N)=O)cc1)N1CCN(C(C)C(F)(F)F)CC1. The first-order chi connectivity index (χ1) is 12.7. The Labute approximate surface area is 157 Å². The minimum atomic E-state index is -4.21. The zero-order valence-corrected chi connectivity index (χ0v) is 15.6. The maximum atomic E-state index is 12.9. The first-order valence-corrected chi connectivity index (χ1v) is 8.95. The highest BCUT2D eigenvalue weighted by Gasteiger charge is 2.41. The van der Waals surface area contributed by atoms with E-state index < -0.39 is 18.1 Å². The van der Waals surface area contributed by atoms with Crippen molar-refractivity contribution >= 4 is 11.9 Å². The van der Waals surface area contributed by atoms with E-state index >= 15 is 0 Å². The van der Waals surface area contributed by atoms with Crippen LogP contribution in [0.5, 0.6) is 0 Å². The highest BCUT2D eigenvalue weighted by molar-refractivity contribution is 5.92. The molecule has 1 aliphatic heterocycles. The molecule has 1 aromatic carbocycles. The van der Waals surface area contributed by atoms with Crippen LogP contribution >= 0.6 is 0 Å². The topological polar surface area (TPSA) is 74.0 Å². The minimum Gasteiger partial charge on any atom is -0.366 e. The number of aliphatic imine (C=N–C) groups is 1. The van der Waals surface area contributed by atoms with Crippen LogP contribution in [-0.2, 0) is 6.54 Å². The van der Waals surface area contributed by atoms with Crippen LogP contribution in [-0.4, -0.2) is 66.6 Å². The number of hydrogen-bond donors (Lipinski definition) is 2. The highest BCUT2D eigenvalue weighted by atomic mass is 19.4. The number of halogens is 3. The van der Waals surface area contributed by atoms with Gasteiger partial charge < -0.3 is 16.0 Å². The predicted octanol–water partition coefficient (Wildman–Crippen LogP) is 1.82. The molecular formula is C18H26F3N5O. The molecule has 1 aliphatic rings. The van der Waals surface area contributed by atoms with Gasteiger partial charge in [0.05, 0.1) is 6.54 Å². The largest absolute Gasteiger partial charge is 0.403 e. The lowest BCUT2D eigenvalue weighted by Crippen LogP contribution is -2.56. The van der Waals surface area contributed by atoms with Crippen molar-refractivity contribution in [2.75, 3.05) is 32.7 Å². The number of rotatable bonds is 5. The van der Waals surface area contributed by atoms with E-state index in [-0.39, 0.29) is 0 Å². The number of alkyl halides is 3. The summed E-state index contributed by atoms with van der Waals surface area (Å²) in [6.45, 7) is 5.83. The molecule has 1 heterocycles. The van der Waals surface area contributed by atoms with Gasteiger partial charge in [-0.25, -0.2) is 4.99 Å². The van der Waals surface area contributed by atoms with Crippen LogP contribution in [0.3, 0.4) is 0 Å². The van der Waals surface area contributed by atoms with E-state index in [0.717, 1.165) is 5.56 Å². The molecule has 1 fully saturated rings. The van der Waals surface area contributed by atoms with Crippen molar-refractivity contribution in [2.45, 2.75) is 32.6 Å². The van der Waals surface area contributed by atoms with Crippen molar-refractivity contribution in [3.8, 4) is 0 Å².